The molecule has 3 nitrogen and oxygen atoms in total. The van der Waals surface area contributed by atoms with Crippen molar-refractivity contribution in [3.05, 3.63) is 20.8 Å². The van der Waals surface area contributed by atoms with Crippen molar-refractivity contribution in [2.24, 2.45) is 0 Å². The van der Waals surface area contributed by atoms with E-state index in [9.17, 15) is 9.90 Å². The van der Waals surface area contributed by atoms with Gasteiger partial charge >= 0.3 is 0 Å². The van der Waals surface area contributed by atoms with Crippen LogP contribution in [0.2, 0.25) is 0 Å². The highest BCUT2D eigenvalue weighted by molar-refractivity contribution is 9.11. The van der Waals surface area contributed by atoms with Crippen LogP contribution >= 0.6 is 39.0 Å². The van der Waals surface area contributed by atoms with Gasteiger partial charge in [0.05, 0.1) is 15.5 Å². The number of carboxylic acids is 1. The van der Waals surface area contributed by atoms with Crippen molar-refractivity contribution in [2.75, 3.05) is 5.75 Å². The Morgan fingerprint density at radius 2 is 2.43 bits per heavy atom. The third kappa shape index (κ3) is 4.00. The van der Waals surface area contributed by atoms with Gasteiger partial charge in [-0.15, -0.1) is 23.1 Å². The number of hydrogen-bond acceptors (Lipinski definition) is 4. The van der Waals surface area contributed by atoms with E-state index in [2.05, 4.69) is 21.7 Å². The van der Waals surface area contributed by atoms with E-state index in [1.54, 1.807) is 23.1 Å². The SMILES string of the molecule is [NH3+][C@@H](CSCc1ccc(Br)s1)C(=O)[O-]. The Hall–Kier alpha value is -0.0400. The fraction of sp³-hybridized carbons (Fsp3) is 0.375. The summed E-state index contributed by atoms with van der Waals surface area (Å²) in [5, 5.41) is 10.4. The monoisotopic (exact) mass is 295 g/mol. The van der Waals surface area contributed by atoms with E-state index < -0.39 is 12.0 Å². The summed E-state index contributed by atoms with van der Waals surface area (Å²) in [5.74, 6) is 0.248. The minimum absolute atomic E-state index is 0.498. The molecule has 1 atom stereocenters. The van der Waals surface area contributed by atoms with E-state index in [4.69, 9.17) is 0 Å². The van der Waals surface area contributed by atoms with Gasteiger partial charge in [-0.1, -0.05) is 0 Å². The van der Waals surface area contributed by atoms with E-state index >= 15 is 0 Å². The molecule has 0 spiro atoms. The molecule has 1 heterocycles. The van der Waals surface area contributed by atoms with Crippen molar-refractivity contribution in [1.82, 2.24) is 0 Å². The molecule has 0 bridgehead atoms. The number of carboxylic acid groups (broad SMARTS) is 1. The Morgan fingerprint density at radius 3 is 2.93 bits per heavy atom. The molecule has 0 saturated carbocycles. The van der Waals surface area contributed by atoms with Crippen molar-refractivity contribution < 1.29 is 15.6 Å². The first-order valence-electron chi connectivity index (χ1n) is 3.95. The fourth-order valence-corrected chi connectivity index (χ4v) is 3.40. The Morgan fingerprint density at radius 1 is 1.71 bits per heavy atom. The van der Waals surface area contributed by atoms with Crippen LogP contribution in [0, 0.1) is 0 Å². The fourth-order valence-electron chi connectivity index (χ4n) is 0.799. The molecule has 0 amide bonds. The molecule has 0 fully saturated rings. The van der Waals surface area contributed by atoms with Crippen molar-refractivity contribution >= 4 is 45.0 Å². The summed E-state index contributed by atoms with van der Waals surface area (Å²) in [4.78, 5) is 11.6. The molecule has 0 aliphatic carbocycles. The molecule has 1 rings (SSSR count). The van der Waals surface area contributed by atoms with Crippen LogP contribution in [0.25, 0.3) is 0 Å². The van der Waals surface area contributed by atoms with Crippen molar-refractivity contribution in [3.8, 4) is 0 Å². The first-order chi connectivity index (χ1) is 6.59. The molecule has 0 aromatic carbocycles. The number of thioether (sulfide) groups is 1. The maximum Gasteiger partial charge on any atom is 0.134 e. The van der Waals surface area contributed by atoms with Crippen molar-refractivity contribution in [1.29, 1.82) is 0 Å². The number of carbonyl (C=O) groups excluding carboxylic acids is 1. The number of carbonyl (C=O) groups is 1. The lowest BCUT2D eigenvalue weighted by atomic mass is 10.4. The standard InChI is InChI=1S/C8H10BrNO2S2/c9-7-2-1-5(14-7)3-13-4-6(10)8(11)12/h1-2,6H,3-4,10H2,(H,11,12)/t6-/m0/s1. The normalized spacial score (nSPS) is 12.7. The molecule has 0 radical (unpaired) electrons. The molecule has 0 saturated heterocycles. The van der Waals surface area contributed by atoms with Crippen molar-refractivity contribution in [3.63, 3.8) is 0 Å². The predicted octanol–water partition coefficient (Wildman–Crippen LogP) is 0.104. The summed E-state index contributed by atoms with van der Waals surface area (Å²) < 4.78 is 1.10. The average Bonchev–Trinajstić information content (AvgIpc) is 2.51. The van der Waals surface area contributed by atoms with E-state index in [0.717, 1.165) is 9.54 Å². The highest BCUT2D eigenvalue weighted by Gasteiger charge is 2.07. The first kappa shape index (κ1) is 12.0. The Bertz CT molecular complexity index is 316. The van der Waals surface area contributed by atoms with Gasteiger partial charge in [-0.25, -0.2) is 0 Å². The average molecular weight is 296 g/mol. The van der Waals surface area contributed by atoms with Gasteiger partial charge in [0.1, 0.15) is 6.04 Å². The molecule has 0 aliphatic heterocycles. The van der Waals surface area contributed by atoms with Gasteiger partial charge in [0.25, 0.3) is 0 Å². The molecule has 6 heteroatoms. The van der Waals surface area contributed by atoms with Gasteiger partial charge in [0.2, 0.25) is 0 Å². The molecular weight excluding hydrogens is 286 g/mol. The summed E-state index contributed by atoms with van der Waals surface area (Å²) in [7, 11) is 0. The van der Waals surface area contributed by atoms with Crippen LogP contribution < -0.4 is 10.8 Å². The minimum atomic E-state index is -1.08. The molecule has 1 aromatic rings. The smallest absolute Gasteiger partial charge is 0.134 e. The number of hydrogen-bond donors (Lipinski definition) is 1. The molecular formula is C8H10BrNO2S2. The summed E-state index contributed by atoms with van der Waals surface area (Å²) in [5.41, 5.74) is 3.49. The molecule has 0 unspecified atom stereocenters. The zero-order valence-corrected chi connectivity index (χ0v) is 10.6. The first-order valence-corrected chi connectivity index (χ1v) is 6.72. The zero-order valence-electron chi connectivity index (χ0n) is 7.36. The van der Waals surface area contributed by atoms with Crippen LogP contribution in [0.4, 0.5) is 0 Å². The zero-order chi connectivity index (χ0) is 10.6. The summed E-state index contributed by atoms with van der Waals surface area (Å²) in [6, 6.07) is 3.39. The molecule has 3 N–H and O–H groups in total. The van der Waals surface area contributed by atoms with Crippen molar-refractivity contribution in [2.45, 2.75) is 11.8 Å². The Kier molecular flexibility index (Phi) is 4.94. The molecule has 14 heavy (non-hydrogen) atoms. The van der Waals surface area contributed by atoms with E-state index in [-0.39, 0.29) is 0 Å². The minimum Gasteiger partial charge on any atom is -0.544 e. The second-order valence-corrected chi connectivity index (χ2v) is 6.31. The van der Waals surface area contributed by atoms with E-state index in [1.807, 2.05) is 12.1 Å². The third-order valence-corrected chi connectivity index (χ3v) is 4.49. The highest BCUT2D eigenvalue weighted by atomic mass is 79.9. The second-order valence-electron chi connectivity index (χ2n) is 2.74. The molecule has 0 aliphatic rings. The lowest BCUT2D eigenvalue weighted by molar-refractivity contribution is -0.431. The largest absolute Gasteiger partial charge is 0.544 e. The van der Waals surface area contributed by atoms with Crippen LogP contribution in [0.1, 0.15) is 4.88 Å². The summed E-state index contributed by atoms with van der Waals surface area (Å²) >= 11 is 6.59. The number of quaternary nitrogens is 1. The van der Waals surface area contributed by atoms with Crippen LogP contribution in [-0.4, -0.2) is 17.8 Å². The van der Waals surface area contributed by atoms with Crippen LogP contribution in [0.5, 0.6) is 0 Å². The lowest BCUT2D eigenvalue weighted by Crippen LogP contribution is -2.69. The maximum atomic E-state index is 10.4. The second kappa shape index (κ2) is 5.75. The van der Waals surface area contributed by atoms with Crippen LogP contribution in [0.3, 0.4) is 0 Å². The van der Waals surface area contributed by atoms with Crippen LogP contribution in [-0.2, 0) is 10.5 Å². The molecule has 78 valence electrons. The summed E-state index contributed by atoms with van der Waals surface area (Å²) in [6.07, 6.45) is 0. The summed E-state index contributed by atoms with van der Waals surface area (Å²) in [6.45, 7) is 0. The van der Waals surface area contributed by atoms with E-state index in [1.165, 1.54) is 4.88 Å². The number of halogens is 1. The Balaban J connectivity index is 2.25. The topological polar surface area (TPSA) is 67.8 Å². The quantitative estimate of drug-likeness (QED) is 0.838. The number of thiophene rings is 1. The van der Waals surface area contributed by atoms with Gasteiger partial charge < -0.3 is 15.6 Å². The van der Waals surface area contributed by atoms with Gasteiger partial charge in [0, 0.05) is 10.6 Å². The van der Waals surface area contributed by atoms with Gasteiger partial charge in [0.15, 0.2) is 0 Å². The van der Waals surface area contributed by atoms with Crippen LogP contribution in [0.15, 0.2) is 15.9 Å². The highest BCUT2D eigenvalue weighted by Crippen LogP contribution is 2.25. The van der Waals surface area contributed by atoms with Gasteiger partial charge in [-0.05, 0) is 28.1 Å². The number of aliphatic carboxylic acids is 1. The number of rotatable bonds is 5. The lowest BCUT2D eigenvalue weighted by Gasteiger charge is -2.07. The predicted molar refractivity (Wildman–Crippen MR) is 59.9 cm³/mol. The van der Waals surface area contributed by atoms with E-state index in [0.29, 0.717) is 5.75 Å². The van der Waals surface area contributed by atoms with Gasteiger partial charge in [-0.2, -0.15) is 0 Å². The van der Waals surface area contributed by atoms with Gasteiger partial charge in [-0.3, -0.25) is 0 Å². The maximum absolute atomic E-state index is 10.4. The Labute approximate surface area is 98.8 Å². The molecule has 1 aromatic heterocycles. The third-order valence-electron chi connectivity index (χ3n) is 1.53.